The first-order valence-corrected chi connectivity index (χ1v) is 6.76. The third-order valence-electron chi connectivity index (χ3n) is 2.93. The molecule has 2 unspecified atom stereocenters. The first-order valence-electron chi connectivity index (χ1n) is 6.76. The molecule has 0 aliphatic carbocycles. The molecule has 1 fully saturated rings. The van der Waals surface area contributed by atoms with Crippen molar-refractivity contribution in [3.05, 3.63) is 0 Å². The number of nitrogens with zero attached hydrogens (tertiary/aromatic N) is 2. The molecule has 1 aliphatic rings. The average molecular weight is 276 g/mol. The predicted molar refractivity (Wildman–Crippen MR) is 67.4 cm³/mol. The molecule has 0 aromatic rings. The molecule has 1 aliphatic heterocycles. The van der Waals surface area contributed by atoms with Crippen molar-refractivity contribution in [3.8, 4) is 0 Å². The molecule has 0 spiro atoms. The van der Waals surface area contributed by atoms with E-state index in [1.807, 2.05) is 13.8 Å². The molecule has 1 saturated heterocycles. The molecule has 0 aromatic carbocycles. The molecule has 1 heterocycles. The summed E-state index contributed by atoms with van der Waals surface area (Å²) in [5.74, 6) is 0. The Balaban J connectivity index is 2.64. The summed E-state index contributed by atoms with van der Waals surface area (Å²) in [4.78, 5) is 22.4. The number of amides is 2. The number of rotatable bonds is 8. The van der Waals surface area contributed by atoms with Crippen LogP contribution in [0.15, 0.2) is 0 Å². The van der Waals surface area contributed by atoms with Crippen molar-refractivity contribution in [1.82, 2.24) is 10.1 Å². The maximum absolute atomic E-state index is 12.0. The average Bonchev–Trinajstić information content (AvgIpc) is 2.52. The van der Waals surface area contributed by atoms with Gasteiger partial charge in [0.25, 0.3) is 0 Å². The van der Waals surface area contributed by atoms with Crippen molar-refractivity contribution in [3.63, 3.8) is 0 Å². The van der Waals surface area contributed by atoms with E-state index in [0.29, 0.717) is 13.2 Å². The minimum atomic E-state index is -1.82. The number of carbonyl (C=O) groups excluding carboxylic acids is 1. The van der Waals surface area contributed by atoms with Crippen molar-refractivity contribution in [1.29, 1.82) is 0 Å². The molecular weight excluding hydrogens is 252 g/mol. The summed E-state index contributed by atoms with van der Waals surface area (Å²) in [5, 5.41) is 21.6. The lowest BCUT2D eigenvalue weighted by Crippen LogP contribution is -2.49. The van der Waals surface area contributed by atoms with Crippen molar-refractivity contribution in [2.75, 3.05) is 13.2 Å². The van der Waals surface area contributed by atoms with E-state index in [-0.39, 0.29) is 0 Å². The van der Waals surface area contributed by atoms with Crippen LogP contribution in [0.25, 0.3) is 0 Å². The van der Waals surface area contributed by atoms with Gasteiger partial charge in [-0.05, 0) is 19.8 Å². The number of aliphatic hydroxyl groups excluding tert-OH is 1. The Hall–Kier alpha value is -0.890. The minimum absolute atomic E-state index is 0.300. The third kappa shape index (κ3) is 3.56. The zero-order valence-electron chi connectivity index (χ0n) is 11.8. The van der Waals surface area contributed by atoms with E-state index in [2.05, 4.69) is 0 Å². The molecular formula is C12H24N2O5. The molecule has 0 saturated carbocycles. The van der Waals surface area contributed by atoms with Crippen molar-refractivity contribution in [2.24, 2.45) is 0 Å². The van der Waals surface area contributed by atoms with E-state index in [1.54, 1.807) is 0 Å². The van der Waals surface area contributed by atoms with Gasteiger partial charge in [0.1, 0.15) is 0 Å². The van der Waals surface area contributed by atoms with E-state index in [9.17, 15) is 15.0 Å². The number of aliphatic hydroxyl groups is 2. The first-order chi connectivity index (χ1) is 8.96. The predicted octanol–water partition coefficient (Wildman–Crippen LogP) is 1.21. The second kappa shape index (κ2) is 7.04. The monoisotopic (exact) mass is 276 g/mol. The Morgan fingerprint density at radius 3 is 2.26 bits per heavy atom. The van der Waals surface area contributed by atoms with E-state index in [1.165, 1.54) is 6.92 Å². The number of urea groups is 1. The van der Waals surface area contributed by atoms with Crippen LogP contribution in [-0.2, 0) is 9.68 Å². The Morgan fingerprint density at radius 1 is 1.21 bits per heavy atom. The summed E-state index contributed by atoms with van der Waals surface area (Å²) >= 11 is 0. The highest BCUT2D eigenvalue weighted by Crippen LogP contribution is 2.30. The molecule has 2 amide bonds. The van der Waals surface area contributed by atoms with Crippen molar-refractivity contribution in [2.45, 2.75) is 58.4 Å². The summed E-state index contributed by atoms with van der Waals surface area (Å²) in [6, 6.07) is -0.690. The summed E-state index contributed by atoms with van der Waals surface area (Å²) in [5.41, 5.74) is -1.82. The smallest absolute Gasteiger partial charge is 0.367 e. The van der Waals surface area contributed by atoms with E-state index in [4.69, 9.17) is 9.68 Å². The van der Waals surface area contributed by atoms with Crippen LogP contribution in [-0.4, -0.2) is 51.5 Å². The van der Waals surface area contributed by atoms with Gasteiger partial charge in [-0.3, -0.25) is 9.68 Å². The fourth-order valence-corrected chi connectivity index (χ4v) is 1.63. The highest BCUT2D eigenvalue weighted by Gasteiger charge is 2.55. The molecule has 0 aromatic heterocycles. The fraction of sp³-hybridized carbons (Fsp3) is 0.917. The second-order valence-electron chi connectivity index (χ2n) is 4.74. The van der Waals surface area contributed by atoms with Gasteiger partial charge in [0.15, 0.2) is 0 Å². The Labute approximate surface area is 113 Å². The number of carbonyl (C=O) groups is 1. The minimum Gasteiger partial charge on any atom is -0.367 e. The van der Waals surface area contributed by atoms with E-state index >= 15 is 0 Å². The lowest BCUT2D eigenvalue weighted by atomic mass is 10.2. The summed E-state index contributed by atoms with van der Waals surface area (Å²) < 4.78 is 0. The normalized spacial score (nSPS) is 27.4. The summed E-state index contributed by atoms with van der Waals surface area (Å²) in [6.07, 6.45) is 1.86. The number of hydroxylamine groups is 4. The fourth-order valence-electron chi connectivity index (χ4n) is 1.63. The van der Waals surface area contributed by atoms with E-state index < -0.39 is 18.0 Å². The Kier molecular flexibility index (Phi) is 5.99. The maximum atomic E-state index is 12.0. The number of unbranched alkanes of at least 4 members (excludes halogenated alkanes) is 2. The Morgan fingerprint density at radius 2 is 1.74 bits per heavy atom. The second-order valence-corrected chi connectivity index (χ2v) is 4.74. The SMILES string of the molecule is CCCCON1C(=O)N(OCCCC)C(C)(O)C1O. The molecule has 7 heteroatoms. The molecule has 0 bridgehead atoms. The molecule has 1 rings (SSSR count). The molecule has 112 valence electrons. The highest BCUT2D eigenvalue weighted by atomic mass is 16.8. The van der Waals surface area contributed by atoms with Crippen LogP contribution in [0.4, 0.5) is 4.79 Å². The van der Waals surface area contributed by atoms with Gasteiger partial charge in [0.05, 0.1) is 13.2 Å². The lowest BCUT2D eigenvalue weighted by Gasteiger charge is -2.28. The zero-order valence-corrected chi connectivity index (χ0v) is 11.8. The van der Waals surface area contributed by atoms with Crippen molar-refractivity contribution >= 4 is 6.03 Å². The standard InChI is InChI=1S/C12H24N2O5/c1-4-6-8-18-13-10(15)12(3,17)14(11(13)16)19-9-7-5-2/h10,15,17H,4-9H2,1-3H3. The van der Waals surface area contributed by atoms with Crippen LogP contribution in [0.2, 0.25) is 0 Å². The Bertz CT molecular complexity index is 298. The quantitative estimate of drug-likeness (QED) is 0.651. The molecule has 0 radical (unpaired) electrons. The highest BCUT2D eigenvalue weighted by molar-refractivity contribution is 5.75. The van der Waals surface area contributed by atoms with Gasteiger partial charge in [-0.15, -0.1) is 0 Å². The third-order valence-corrected chi connectivity index (χ3v) is 2.93. The van der Waals surface area contributed by atoms with Gasteiger partial charge >= 0.3 is 6.03 Å². The van der Waals surface area contributed by atoms with Gasteiger partial charge in [0, 0.05) is 0 Å². The topological polar surface area (TPSA) is 82.5 Å². The molecule has 2 N–H and O–H groups in total. The van der Waals surface area contributed by atoms with Crippen LogP contribution in [0.5, 0.6) is 0 Å². The molecule has 19 heavy (non-hydrogen) atoms. The number of hydrogen-bond donors (Lipinski definition) is 2. The van der Waals surface area contributed by atoms with Gasteiger partial charge in [0.2, 0.25) is 12.0 Å². The van der Waals surface area contributed by atoms with Crippen LogP contribution >= 0.6 is 0 Å². The first kappa shape index (κ1) is 16.2. The van der Waals surface area contributed by atoms with Gasteiger partial charge in [-0.25, -0.2) is 4.79 Å². The van der Waals surface area contributed by atoms with Crippen LogP contribution in [0.3, 0.4) is 0 Å². The van der Waals surface area contributed by atoms with Gasteiger partial charge in [-0.1, -0.05) is 26.7 Å². The largest absolute Gasteiger partial charge is 0.373 e. The number of hydrogen-bond acceptors (Lipinski definition) is 5. The van der Waals surface area contributed by atoms with Crippen LogP contribution < -0.4 is 0 Å². The lowest BCUT2D eigenvalue weighted by molar-refractivity contribution is -0.281. The van der Waals surface area contributed by atoms with Gasteiger partial charge < -0.3 is 10.2 Å². The summed E-state index contributed by atoms with van der Waals surface area (Å²) in [6.45, 7) is 5.89. The molecule has 2 atom stereocenters. The van der Waals surface area contributed by atoms with Crippen LogP contribution in [0.1, 0.15) is 46.5 Å². The molecule has 7 nitrogen and oxygen atoms in total. The zero-order chi connectivity index (χ0) is 14.5. The maximum Gasteiger partial charge on any atom is 0.373 e. The van der Waals surface area contributed by atoms with Crippen LogP contribution in [0, 0.1) is 0 Å². The van der Waals surface area contributed by atoms with Crippen molar-refractivity contribution < 1.29 is 24.7 Å². The summed E-state index contributed by atoms with van der Waals surface area (Å²) in [7, 11) is 0. The van der Waals surface area contributed by atoms with E-state index in [0.717, 1.165) is 35.8 Å². The van der Waals surface area contributed by atoms with Gasteiger partial charge in [-0.2, -0.15) is 10.1 Å².